The van der Waals surface area contributed by atoms with Gasteiger partial charge in [-0.1, -0.05) is 11.6 Å². The molecule has 96 valence electrons. The largest absolute Gasteiger partial charge is 0.495 e. The van der Waals surface area contributed by atoms with Gasteiger partial charge in [-0.05, 0) is 0 Å². The van der Waals surface area contributed by atoms with Gasteiger partial charge in [0, 0.05) is 12.1 Å². The summed E-state index contributed by atoms with van der Waals surface area (Å²) in [5.74, 6) is 0.502. The first kappa shape index (κ1) is 12.7. The third kappa shape index (κ3) is 2.13. The molecule has 0 unspecified atom stereocenters. The summed E-state index contributed by atoms with van der Waals surface area (Å²) in [5.41, 5.74) is 0.495. The van der Waals surface area contributed by atoms with Crippen molar-refractivity contribution < 1.29 is 19.1 Å². The molecule has 18 heavy (non-hydrogen) atoms. The predicted molar refractivity (Wildman–Crippen MR) is 66.5 cm³/mol. The van der Waals surface area contributed by atoms with Crippen LogP contribution in [0.4, 0.5) is 5.69 Å². The van der Waals surface area contributed by atoms with E-state index in [1.165, 1.54) is 19.1 Å². The zero-order valence-electron chi connectivity index (χ0n) is 10.0. The Hall–Kier alpha value is -1.75. The second-order valence-electron chi connectivity index (χ2n) is 3.85. The first-order valence-electron chi connectivity index (χ1n) is 5.30. The van der Waals surface area contributed by atoms with E-state index >= 15 is 0 Å². The van der Waals surface area contributed by atoms with Crippen LogP contribution in [-0.2, 0) is 9.59 Å². The van der Waals surface area contributed by atoms with Gasteiger partial charge in [-0.15, -0.1) is 0 Å². The van der Waals surface area contributed by atoms with Crippen molar-refractivity contribution >= 4 is 29.0 Å². The van der Waals surface area contributed by atoms with Gasteiger partial charge in [-0.25, -0.2) is 0 Å². The highest BCUT2D eigenvalue weighted by Gasteiger charge is 2.31. The van der Waals surface area contributed by atoms with Crippen molar-refractivity contribution in [2.45, 2.75) is 6.42 Å². The maximum atomic E-state index is 11.7. The van der Waals surface area contributed by atoms with Crippen LogP contribution in [0.2, 0.25) is 5.02 Å². The minimum Gasteiger partial charge on any atom is -0.495 e. The van der Waals surface area contributed by atoms with Gasteiger partial charge in [0.25, 0.3) is 0 Å². The van der Waals surface area contributed by atoms with E-state index in [1.54, 1.807) is 12.1 Å². The van der Waals surface area contributed by atoms with Gasteiger partial charge in [0.15, 0.2) is 5.78 Å². The van der Waals surface area contributed by atoms with Crippen LogP contribution < -0.4 is 14.4 Å². The van der Waals surface area contributed by atoms with Crippen LogP contribution in [-0.4, -0.2) is 32.5 Å². The number of hydrogen-bond acceptors (Lipinski definition) is 4. The van der Waals surface area contributed by atoms with E-state index in [0.29, 0.717) is 22.2 Å². The number of rotatable bonds is 3. The molecule has 1 amide bonds. The quantitative estimate of drug-likeness (QED) is 0.783. The Labute approximate surface area is 109 Å². The number of Topliss-reactive ketones (excluding diaryl/α,β-unsaturated/α-hetero) is 1. The molecule has 0 spiro atoms. The molecule has 0 bridgehead atoms. The summed E-state index contributed by atoms with van der Waals surface area (Å²) in [6, 6.07) is 3.16. The lowest BCUT2D eigenvalue weighted by Gasteiger charge is -2.19. The number of anilines is 1. The molecule has 1 aliphatic heterocycles. The lowest BCUT2D eigenvalue weighted by atomic mass is 10.2. The zero-order chi connectivity index (χ0) is 13.3. The van der Waals surface area contributed by atoms with Crippen molar-refractivity contribution in [2.24, 2.45) is 0 Å². The normalized spacial score (nSPS) is 15.2. The fourth-order valence-corrected chi connectivity index (χ4v) is 2.09. The average molecular weight is 270 g/mol. The molecule has 0 N–H and O–H groups in total. The number of carbonyl (C=O) groups is 2. The van der Waals surface area contributed by atoms with E-state index in [-0.39, 0.29) is 24.7 Å². The van der Waals surface area contributed by atoms with Crippen LogP contribution in [0.25, 0.3) is 0 Å². The maximum absolute atomic E-state index is 11.7. The Balaban J connectivity index is 2.48. The molecule has 1 aromatic carbocycles. The number of amides is 1. The second kappa shape index (κ2) is 4.86. The van der Waals surface area contributed by atoms with Gasteiger partial charge >= 0.3 is 0 Å². The Morgan fingerprint density at radius 1 is 1.17 bits per heavy atom. The smallest absolute Gasteiger partial charge is 0.235 e. The van der Waals surface area contributed by atoms with Crippen LogP contribution in [0.1, 0.15) is 6.42 Å². The molecule has 5 nitrogen and oxygen atoms in total. The predicted octanol–water partition coefficient (Wildman–Crippen LogP) is 1.66. The highest BCUT2D eigenvalue weighted by Crippen LogP contribution is 2.39. The maximum Gasteiger partial charge on any atom is 0.235 e. The van der Waals surface area contributed by atoms with Gasteiger partial charge in [0.2, 0.25) is 5.91 Å². The lowest BCUT2D eigenvalue weighted by Crippen LogP contribution is -2.25. The van der Waals surface area contributed by atoms with E-state index in [1.807, 2.05) is 0 Å². The van der Waals surface area contributed by atoms with Gasteiger partial charge < -0.3 is 14.4 Å². The summed E-state index contributed by atoms with van der Waals surface area (Å²) in [6.45, 7) is 0.0555. The molecule has 1 fully saturated rings. The number of methoxy groups -OCH3 is 2. The molecule has 0 atom stereocenters. The molecule has 0 aliphatic carbocycles. The topological polar surface area (TPSA) is 55.8 Å². The molecule has 1 saturated heterocycles. The zero-order valence-corrected chi connectivity index (χ0v) is 10.8. The van der Waals surface area contributed by atoms with Crippen LogP contribution in [0.15, 0.2) is 12.1 Å². The summed E-state index contributed by atoms with van der Waals surface area (Å²) in [5, 5.41) is 0.385. The van der Waals surface area contributed by atoms with Crippen molar-refractivity contribution in [3.05, 3.63) is 17.2 Å². The third-order valence-electron chi connectivity index (χ3n) is 2.73. The molecule has 1 aliphatic rings. The molecular formula is C12H12ClNO4. The molecule has 0 radical (unpaired) electrons. The van der Waals surface area contributed by atoms with Crippen molar-refractivity contribution in [3.63, 3.8) is 0 Å². The van der Waals surface area contributed by atoms with Crippen LogP contribution >= 0.6 is 11.6 Å². The molecule has 0 saturated carbocycles. The van der Waals surface area contributed by atoms with E-state index in [2.05, 4.69) is 0 Å². The Morgan fingerprint density at radius 2 is 1.83 bits per heavy atom. The number of ether oxygens (including phenoxy) is 2. The van der Waals surface area contributed by atoms with E-state index < -0.39 is 0 Å². The van der Waals surface area contributed by atoms with E-state index in [4.69, 9.17) is 21.1 Å². The fourth-order valence-electron chi connectivity index (χ4n) is 1.86. The minimum absolute atomic E-state index is 0.0555. The summed E-state index contributed by atoms with van der Waals surface area (Å²) in [4.78, 5) is 24.4. The molecule has 1 aromatic rings. The number of ketones is 1. The highest BCUT2D eigenvalue weighted by atomic mass is 35.5. The number of nitrogens with zero attached hydrogens (tertiary/aromatic N) is 1. The van der Waals surface area contributed by atoms with Gasteiger partial charge in [0.1, 0.15) is 11.5 Å². The third-order valence-corrected chi connectivity index (χ3v) is 3.02. The second-order valence-corrected chi connectivity index (χ2v) is 4.26. The summed E-state index contributed by atoms with van der Waals surface area (Å²) in [7, 11) is 2.96. The van der Waals surface area contributed by atoms with Gasteiger partial charge in [0.05, 0.1) is 37.9 Å². The average Bonchev–Trinajstić information content (AvgIpc) is 2.68. The fraction of sp³-hybridized carbons (Fsp3) is 0.333. The molecule has 0 aromatic heterocycles. The molecule has 1 heterocycles. The Bertz CT molecular complexity index is 515. The number of benzene rings is 1. The summed E-state index contributed by atoms with van der Waals surface area (Å²) >= 11 is 5.98. The molecular weight excluding hydrogens is 258 g/mol. The van der Waals surface area contributed by atoms with E-state index in [0.717, 1.165) is 0 Å². The van der Waals surface area contributed by atoms with Crippen LogP contribution in [0, 0.1) is 0 Å². The summed E-state index contributed by atoms with van der Waals surface area (Å²) < 4.78 is 10.3. The number of hydrogen-bond donors (Lipinski definition) is 0. The molecule has 2 rings (SSSR count). The van der Waals surface area contributed by atoms with Crippen molar-refractivity contribution in [1.29, 1.82) is 0 Å². The highest BCUT2D eigenvalue weighted by molar-refractivity contribution is 6.32. The standard InChI is InChI=1S/C12H12ClNO4/c1-17-10-5-9(11(18-2)4-8(10)13)14-6-7(15)3-12(14)16/h4-5H,3,6H2,1-2H3. The van der Waals surface area contributed by atoms with Crippen molar-refractivity contribution in [1.82, 2.24) is 0 Å². The van der Waals surface area contributed by atoms with Crippen LogP contribution in [0.3, 0.4) is 0 Å². The molecule has 6 heteroatoms. The van der Waals surface area contributed by atoms with Crippen molar-refractivity contribution in [2.75, 3.05) is 25.7 Å². The number of halogens is 1. The first-order valence-corrected chi connectivity index (χ1v) is 5.68. The SMILES string of the molecule is COc1cc(N2CC(=O)CC2=O)c(OC)cc1Cl. The monoisotopic (exact) mass is 269 g/mol. The number of carbonyl (C=O) groups excluding carboxylic acids is 2. The van der Waals surface area contributed by atoms with Gasteiger partial charge in [-0.2, -0.15) is 0 Å². The first-order chi connectivity index (χ1) is 8.56. The minimum atomic E-state index is -0.248. The van der Waals surface area contributed by atoms with Crippen molar-refractivity contribution in [3.8, 4) is 11.5 Å². The van der Waals surface area contributed by atoms with Gasteiger partial charge in [-0.3, -0.25) is 9.59 Å². The van der Waals surface area contributed by atoms with E-state index in [9.17, 15) is 9.59 Å². The summed E-state index contributed by atoms with van der Waals surface area (Å²) in [6.07, 6.45) is -0.0753. The lowest BCUT2D eigenvalue weighted by molar-refractivity contribution is -0.121. The van der Waals surface area contributed by atoms with Crippen LogP contribution in [0.5, 0.6) is 11.5 Å². The Morgan fingerprint density at radius 3 is 2.33 bits per heavy atom. The Kier molecular flexibility index (Phi) is 3.43.